The largest absolute Gasteiger partial charge is 0.359 e. The molecule has 1 atom stereocenters. The highest BCUT2D eigenvalue weighted by molar-refractivity contribution is 7.20. The van der Waals surface area contributed by atoms with Crippen molar-refractivity contribution in [2.24, 2.45) is 4.99 Å². The molecule has 0 amide bonds. The fourth-order valence-corrected chi connectivity index (χ4v) is 3.30. The molecule has 0 aliphatic carbocycles. The van der Waals surface area contributed by atoms with Crippen molar-refractivity contribution in [2.75, 3.05) is 18.9 Å². The number of benzene rings is 1. The number of halogens is 1. The molecule has 5 heteroatoms. The normalized spacial score (nSPS) is 18.2. The number of aliphatic imine (C=N–C) groups is 1. The summed E-state index contributed by atoms with van der Waals surface area (Å²) in [4.78, 5) is 4.74. The molecule has 0 saturated heterocycles. The summed E-state index contributed by atoms with van der Waals surface area (Å²) < 4.78 is 0.776. The Hall–Kier alpha value is -1.36. The number of anilines is 1. The maximum absolute atomic E-state index is 6.15. The zero-order valence-electron chi connectivity index (χ0n) is 10.5. The Morgan fingerprint density at radius 2 is 2.16 bits per heavy atom. The first-order chi connectivity index (χ1) is 9.28. The van der Waals surface area contributed by atoms with Gasteiger partial charge in [-0.2, -0.15) is 0 Å². The van der Waals surface area contributed by atoms with E-state index in [2.05, 4.69) is 22.8 Å². The van der Waals surface area contributed by atoms with E-state index in [0.717, 1.165) is 26.2 Å². The van der Waals surface area contributed by atoms with Crippen molar-refractivity contribution >= 4 is 33.7 Å². The lowest BCUT2D eigenvalue weighted by molar-refractivity contribution is 0.640. The number of nitrogens with zero attached hydrogens (tertiary/aromatic N) is 1. The van der Waals surface area contributed by atoms with Crippen LogP contribution in [0, 0.1) is 0 Å². The highest BCUT2D eigenvalue weighted by Crippen LogP contribution is 2.35. The van der Waals surface area contributed by atoms with Crippen LogP contribution in [0.25, 0.3) is 0 Å². The van der Waals surface area contributed by atoms with Crippen molar-refractivity contribution in [2.45, 2.75) is 6.17 Å². The Bertz CT molecular complexity index is 606. The van der Waals surface area contributed by atoms with Crippen LogP contribution >= 0.6 is 22.9 Å². The summed E-state index contributed by atoms with van der Waals surface area (Å²) >= 11 is 7.71. The van der Waals surface area contributed by atoms with E-state index in [1.54, 1.807) is 11.3 Å². The van der Waals surface area contributed by atoms with Gasteiger partial charge in [0.2, 0.25) is 0 Å². The number of nitrogens with one attached hydrogen (secondary N) is 2. The van der Waals surface area contributed by atoms with Crippen LogP contribution in [0.3, 0.4) is 0 Å². The van der Waals surface area contributed by atoms with Gasteiger partial charge in [0.15, 0.2) is 0 Å². The number of fused-ring (bicyclic) bond motifs is 1. The van der Waals surface area contributed by atoms with Crippen LogP contribution in [0.2, 0.25) is 4.34 Å². The fourth-order valence-electron chi connectivity index (χ4n) is 2.12. The minimum atomic E-state index is 0.134. The molecule has 0 radical (unpaired) electrons. The first-order valence-electron chi connectivity index (χ1n) is 6.11. The highest BCUT2D eigenvalue weighted by atomic mass is 35.5. The van der Waals surface area contributed by atoms with Gasteiger partial charge in [-0.3, -0.25) is 10.3 Å². The van der Waals surface area contributed by atoms with Crippen LogP contribution in [0.15, 0.2) is 41.4 Å². The molecule has 1 aliphatic rings. The van der Waals surface area contributed by atoms with Gasteiger partial charge in [0.25, 0.3) is 0 Å². The van der Waals surface area contributed by atoms with Gasteiger partial charge >= 0.3 is 0 Å². The molecule has 1 unspecified atom stereocenters. The Morgan fingerprint density at radius 1 is 1.37 bits per heavy atom. The van der Waals surface area contributed by atoms with Gasteiger partial charge in [-0.1, -0.05) is 41.9 Å². The second-order valence-electron chi connectivity index (χ2n) is 4.33. The van der Waals surface area contributed by atoms with Crippen molar-refractivity contribution in [3.63, 3.8) is 0 Å². The molecule has 0 bridgehead atoms. The molecule has 19 heavy (non-hydrogen) atoms. The lowest BCUT2D eigenvalue weighted by Crippen LogP contribution is -2.35. The molecule has 1 aliphatic heterocycles. The zero-order chi connectivity index (χ0) is 13.2. The second kappa shape index (κ2) is 5.33. The molecule has 2 aromatic rings. The van der Waals surface area contributed by atoms with Gasteiger partial charge < -0.3 is 5.32 Å². The summed E-state index contributed by atoms with van der Waals surface area (Å²) in [5, 5.41) is 7.72. The van der Waals surface area contributed by atoms with E-state index in [-0.39, 0.29) is 6.17 Å². The monoisotopic (exact) mass is 291 g/mol. The summed E-state index contributed by atoms with van der Waals surface area (Å²) in [5.74, 6) is 0. The van der Waals surface area contributed by atoms with E-state index in [1.165, 1.54) is 0 Å². The fraction of sp³-hybridized carbons (Fsp3) is 0.214. The first-order valence-corrected chi connectivity index (χ1v) is 7.31. The van der Waals surface area contributed by atoms with Crippen LogP contribution in [0.4, 0.5) is 5.00 Å². The molecule has 3 nitrogen and oxygen atoms in total. The predicted molar refractivity (Wildman–Crippen MR) is 82.7 cm³/mol. The Kier molecular flexibility index (Phi) is 3.55. The number of hydrogen-bond donors (Lipinski definition) is 2. The standard InChI is InChI=1S/C14H14ClN3S/c1-16-12-8-17-13(9-5-3-2-4-6-9)10-7-11(15)19-14(10)18-12/h2-7,12,16,18H,8H2,1H3. The molecule has 1 aromatic carbocycles. The Balaban J connectivity index is 2.10. The molecule has 3 rings (SSSR count). The van der Waals surface area contributed by atoms with Crippen molar-refractivity contribution in [3.8, 4) is 0 Å². The quantitative estimate of drug-likeness (QED) is 0.891. The summed E-state index contributed by atoms with van der Waals surface area (Å²) in [5.41, 5.74) is 3.21. The van der Waals surface area contributed by atoms with Crippen molar-refractivity contribution in [1.82, 2.24) is 5.32 Å². The SMILES string of the molecule is CNC1CN=C(c2ccccc2)c2cc(Cl)sc2N1. The molecule has 0 spiro atoms. The van der Waals surface area contributed by atoms with Gasteiger partial charge in [0.05, 0.1) is 22.8 Å². The summed E-state index contributed by atoms with van der Waals surface area (Å²) in [6.45, 7) is 0.694. The number of likely N-dealkylation sites (N-methyl/N-ethyl adjacent to an activating group) is 1. The molecular weight excluding hydrogens is 278 g/mol. The van der Waals surface area contributed by atoms with E-state index in [1.807, 2.05) is 31.3 Å². The van der Waals surface area contributed by atoms with Gasteiger partial charge in [-0.25, -0.2) is 0 Å². The number of hydrogen-bond acceptors (Lipinski definition) is 4. The first kappa shape index (κ1) is 12.7. The third-order valence-electron chi connectivity index (χ3n) is 3.09. The second-order valence-corrected chi connectivity index (χ2v) is 6.02. The number of rotatable bonds is 2. The molecular formula is C14H14ClN3S. The van der Waals surface area contributed by atoms with Crippen LogP contribution in [-0.4, -0.2) is 25.5 Å². The van der Waals surface area contributed by atoms with Crippen molar-refractivity contribution in [3.05, 3.63) is 51.9 Å². The van der Waals surface area contributed by atoms with Crippen molar-refractivity contribution < 1.29 is 0 Å². The summed E-state index contributed by atoms with van der Waals surface area (Å²) in [6.07, 6.45) is 0.134. The molecule has 2 heterocycles. The van der Waals surface area contributed by atoms with E-state index in [4.69, 9.17) is 16.6 Å². The lowest BCUT2D eigenvalue weighted by atomic mass is 10.0. The molecule has 1 aromatic heterocycles. The smallest absolute Gasteiger partial charge is 0.101 e. The maximum Gasteiger partial charge on any atom is 0.101 e. The van der Waals surface area contributed by atoms with Crippen LogP contribution in [0.1, 0.15) is 11.1 Å². The predicted octanol–water partition coefficient (Wildman–Crippen LogP) is 3.21. The minimum absolute atomic E-state index is 0.134. The van der Waals surface area contributed by atoms with Gasteiger partial charge in [0, 0.05) is 11.1 Å². The third-order valence-corrected chi connectivity index (χ3v) is 4.29. The highest BCUT2D eigenvalue weighted by Gasteiger charge is 2.21. The minimum Gasteiger partial charge on any atom is -0.359 e. The molecule has 0 saturated carbocycles. The lowest BCUT2D eigenvalue weighted by Gasteiger charge is -2.13. The van der Waals surface area contributed by atoms with E-state index in [9.17, 15) is 0 Å². The van der Waals surface area contributed by atoms with E-state index < -0.39 is 0 Å². The Labute approximate surface area is 121 Å². The topological polar surface area (TPSA) is 36.4 Å². The van der Waals surface area contributed by atoms with Crippen LogP contribution in [0.5, 0.6) is 0 Å². The van der Waals surface area contributed by atoms with Crippen LogP contribution in [-0.2, 0) is 0 Å². The molecule has 0 fully saturated rings. The van der Waals surface area contributed by atoms with E-state index >= 15 is 0 Å². The zero-order valence-corrected chi connectivity index (χ0v) is 12.1. The Morgan fingerprint density at radius 3 is 2.89 bits per heavy atom. The average Bonchev–Trinajstić information content (AvgIpc) is 2.70. The average molecular weight is 292 g/mol. The molecule has 2 N–H and O–H groups in total. The van der Waals surface area contributed by atoms with Gasteiger partial charge in [-0.05, 0) is 13.1 Å². The molecule has 98 valence electrons. The van der Waals surface area contributed by atoms with Gasteiger partial charge in [-0.15, -0.1) is 11.3 Å². The number of thiophene rings is 1. The summed E-state index contributed by atoms with van der Waals surface area (Å²) in [7, 11) is 1.93. The van der Waals surface area contributed by atoms with Crippen molar-refractivity contribution in [1.29, 1.82) is 0 Å². The van der Waals surface area contributed by atoms with Crippen LogP contribution < -0.4 is 10.6 Å². The summed E-state index contributed by atoms with van der Waals surface area (Å²) in [6, 6.07) is 12.2. The maximum atomic E-state index is 6.15. The van der Waals surface area contributed by atoms with Gasteiger partial charge in [0.1, 0.15) is 5.00 Å². The third kappa shape index (κ3) is 2.52. The van der Waals surface area contributed by atoms with E-state index in [0.29, 0.717) is 6.54 Å².